The number of hydrogen-bond donors (Lipinski definition) is 6. The van der Waals surface area contributed by atoms with Crippen LogP contribution in [0.5, 0.6) is 0 Å². The molecule has 10 nitrogen and oxygen atoms in total. The number of rotatable bonds is 5. The van der Waals surface area contributed by atoms with E-state index < -0.39 is 23.9 Å². The van der Waals surface area contributed by atoms with Crippen LogP contribution in [0.15, 0.2) is 24.3 Å². The lowest BCUT2D eigenvalue weighted by atomic mass is 10.5. The van der Waals surface area contributed by atoms with Gasteiger partial charge in [0.25, 0.3) is 0 Å². The van der Waals surface area contributed by atoms with Crippen LogP contribution in [0.1, 0.15) is 6.92 Å². The van der Waals surface area contributed by atoms with Gasteiger partial charge in [-0.3, -0.25) is 5.41 Å². The van der Waals surface area contributed by atoms with Crippen LogP contribution in [-0.2, 0) is 19.2 Å². The van der Waals surface area contributed by atoms with E-state index in [1.165, 1.54) is 11.8 Å². The molecule has 0 aliphatic heterocycles. The smallest absolute Gasteiger partial charge is 0.328 e. The number of thioether (sulfide) groups is 1. The predicted octanol–water partition coefficient (Wildman–Crippen LogP) is 0.0566. The average molecular weight is 336 g/mol. The zero-order valence-electron chi connectivity index (χ0n) is 11.4. The van der Waals surface area contributed by atoms with Crippen molar-refractivity contribution in [3.63, 3.8) is 0 Å². The summed E-state index contributed by atoms with van der Waals surface area (Å²) in [6.45, 7) is 1.96. The van der Waals surface area contributed by atoms with Gasteiger partial charge >= 0.3 is 23.9 Å². The summed E-state index contributed by atoms with van der Waals surface area (Å²) in [7, 11) is 0. The molecular formula is C11H16N2O8S. The molecule has 0 amide bonds. The molecular weight excluding hydrogens is 320 g/mol. The zero-order valence-corrected chi connectivity index (χ0v) is 12.2. The van der Waals surface area contributed by atoms with E-state index in [0.29, 0.717) is 24.3 Å². The van der Waals surface area contributed by atoms with Gasteiger partial charge < -0.3 is 26.2 Å². The van der Waals surface area contributed by atoms with Gasteiger partial charge in [0.05, 0.1) is 0 Å². The first-order valence-corrected chi connectivity index (χ1v) is 6.26. The first kappa shape index (κ1) is 24.2. The number of carboxylic acid groups (broad SMARTS) is 4. The summed E-state index contributed by atoms with van der Waals surface area (Å²) in [5.41, 5.74) is 4.95. The van der Waals surface area contributed by atoms with Crippen LogP contribution in [0, 0.1) is 5.41 Å². The van der Waals surface area contributed by atoms with Crippen LogP contribution in [0.3, 0.4) is 0 Å². The number of nitrogens with one attached hydrogen (secondary N) is 1. The molecule has 0 aromatic heterocycles. The molecule has 0 aromatic carbocycles. The van der Waals surface area contributed by atoms with Gasteiger partial charge in [-0.05, 0) is 5.75 Å². The first-order valence-electron chi connectivity index (χ1n) is 5.27. The minimum absolute atomic E-state index is 0.206. The summed E-state index contributed by atoms with van der Waals surface area (Å²) in [5.74, 6) is -4.13. The van der Waals surface area contributed by atoms with Crippen molar-refractivity contribution in [1.29, 1.82) is 5.41 Å². The molecule has 0 aliphatic rings. The minimum Gasteiger partial charge on any atom is -0.478 e. The third kappa shape index (κ3) is 43.4. The number of nitrogens with two attached hydrogens (primary N) is 1. The number of hydrogen-bond acceptors (Lipinski definition) is 6. The molecule has 0 saturated heterocycles. The topological polar surface area (TPSA) is 199 Å². The number of carbonyl (C=O) groups is 4. The molecule has 22 heavy (non-hydrogen) atoms. The van der Waals surface area contributed by atoms with Crippen LogP contribution >= 0.6 is 11.8 Å². The molecule has 0 atom stereocenters. The lowest BCUT2D eigenvalue weighted by Gasteiger charge is -1.85. The Morgan fingerprint density at radius 1 is 0.864 bits per heavy atom. The molecule has 0 saturated carbocycles. The summed E-state index contributed by atoms with van der Waals surface area (Å²) >= 11 is 1.35. The van der Waals surface area contributed by atoms with Gasteiger partial charge in [-0.15, -0.1) is 0 Å². The zero-order chi connectivity index (χ0) is 18.1. The van der Waals surface area contributed by atoms with E-state index in [4.69, 9.17) is 31.6 Å². The Morgan fingerprint density at radius 3 is 1.14 bits per heavy atom. The summed E-state index contributed by atoms with van der Waals surface area (Å²) in [5, 5.41) is 38.1. The van der Waals surface area contributed by atoms with Gasteiger partial charge in [0.2, 0.25) is 0 Å². The summed E-state index contributed by atoms with van der Waals surface area (Å²) < 4.78 is 0. The van der Waals surface area contributed by atoms with Crippen molar-refractivity contribution < 1.29 is 39.6 Å². The summed E-state index contributed by atoms with van der Waals surface area (Å²) in [4.78, 5) is 38.2. The monoisotopic (exact) mass is 336 g/mol. The van der Waals surface area contributed by atoms with Crippen molar-refractivity contribution >= 4 is 40.8 Å². The molecule has 0 radical (unpaired) electrons. The highest BCUT2D eigenvalue weighted by Crippen LogP contribution is 1.92. The Morgan fingerprint density at radius 2 is 1.09 bits per heavy atom. The fourth-order valence-electron chi connectivity index (χ4n) is 0.441. The second-order valence-corrected chi connectivity index (χ2v) is 4.12. The fourth-order valence-corrected chi connectivity index (χ4v) is 0.752. The van der Waals surface area contributed by atoms with E-state index in [1.54, 1.807) is 0 Å². The highest BCUT2D eigenvalue weighted by atomic mass is 32.2. The third-order valence-corrected chi connectivity index (χ3v) is 1.64. The molecule has 0 bridgehead atoms. The van der Waals surface area contributed by atoms with Gasteiger partial charge in [-0.2, -0.15) is 0 Å². The standard InChI is InChI=1S/2C4H4O4.C3H8N2S/c2*5-3(6)1-2-4(7)8;1-2-6-3(4)5/h2*1-2H,(H,5,6)(H,7,8);2H2,1H3,(H3,4,5)/b2*2-1-;. The lowest BCUT2D eigenvalue weighted by molar-refractivity contribution is -0.134. The Labute approximate surface area is 129 Å². The van der Waals surface area contributed by atoms with Gasteiger partial charge in [0, 0.05) is 24.3 Å². The number of aliphatic carboxylic acids is 4. The van der Waals surface area contributed by atoms with Gasteiger partial charge in [-0.25, -0.2) is 19.2 Å². The first-order chi connectivity index (χ1) is 10.0. The molecule has 0 spiro atoms. The van der Waals surface area contributed by atoms with E-state index in [9.17, 15) is 19.2 Å². The molecule has 0 heterocycles. The van der Waals surface area contributed by atoms with E-state index in [-0.39, 0.29) is 5.17 Å². The van der Waals surface area contributed by atoms with Crippen LogP contribution in [0.4, 0.5) is 0 Å². The quantitative estimate of drug-likeness (QED) is 0.226. The Hall–Kier alpha value is -2.82. The van der Waals surface area contributed by atoms with Crippen LogP contribution in [0.25, 0.3) is 0 Å². The van der Waals surface area contributed by atoms with Crippen LogP contribution < -0.4 is 5.73 Å². The average Bonchev–Trinajstić information content (AvgIpc) is 2.35. The Balaban J connectivity index is -0.000000249. The van der Waals surface area contributed by atoms with Gasteiger partial charge in [-0.1, -0.05) is 18.7 Å². The highest BCUT2D eigenvalue weighted by molar-refractivity contribution is 8.13. The van der Waals surface area contributed by atoms with E-state index in [0.717, 1.165) is 5.75 Å². The fraction of sp³-hybridized carbons (Fsp3) is 0.182. The maximum atomic E-state index is 9.55. The van der Waals surface area contributed by atoms with E-state index in [1.807, 2.05) is 6.92 Å². The molecule has 7 N–H and O–H groups in total. The maximum absolute atomic E-state index is 9.55. The third-order valence-electron chi connectivity index (χ3n) is 1.04. The van der Waals surface area contributed by atoms with Crippen LogP contribution in [0.2, 0.25) is 0 Å². The number of carboxylic acids is 4. The van der Waals surface area contributed by atoms with E-state index >= 15 is 0 Å². The summed E-state index contributed by atoms with van der Waals surface area (Å²) in [6.07, 6.45) is 2.23. The predicted molar refractivity (Wildman–Crippen MR) is 78.9 cm³/mol. The molecule has 0 fully saturated rings. The molecule has 0 unspecified atom stereocenters. The molecule has 124 valence electrons. The molecule has 0 aromatic rings. The normalized spacial score (nSPS) is 9.14. The van der Waals surface area contributed by atoms with Crippen molar-refractivity contribution in [3.8, 4) is 0 Å². The number of amidine groups is 1. The Kier molecular flexibility index (Phi) is 17.9. The Bertz CT molecular complexity index is 393. The largest absolute Gasteiger partial charge is 0.478 e. The molecule has 0 aliphatic carbocycles. The highest BCUT2D eigenvalue weighted by Gasteiger charge is 1.88. The molecule has 11 heteroatoms. The van der Waals surface area contributed by atoms with Crippen molar-refractivity contribution in [1.82, 2.24) is 0 Å². The van der Waals surface area contributed by atoms with Gasteiger partial charge in [0.15, 0.2) is 5.17 Å². The van der Waals surface area contributed by atoms with Crippen molar-refractivity contribution in [3.05, 3.63) is 24.3 Å². The minimum atomic E-state index is -1.26. The SMILES string of the molecule is CCSC(=N)N.O=C(O)/C=C\C(=O)O.O=C(O)/C=C\C(=O)O. The van der Waals surface area contributed by atoms with Crippen molar-refractivity contribution in [2.24, 2.45) is 5.73 Å². The summed E-state index contributed by atoms with van der Waals surface area (Å²) in [6, 6.07) is 0. The van der Waals surface area contributed by atoms with E-state index in [2.05, 4.69) is 0 Å². The van der Waals surface area contributed by atoms with Crippen molar-refractivity contribution in [2.75, 3.05) is 5.75 Å². The van der Waals surface area contributed by atoms with Crippen LogP contribution in [-0.4, -0.2) is 55.2 Å². The lowest BCUT2D eigenvalue weighted by Crippen LogP contribution is -2.02. The molecule has 0 rings (SSSR count). The van der Waals surface area contributed by atoms with Gasteiger partial charge in [0.1, 0.15) is 0 Å². The second kappa shape index (κ2) is 16.2. The maximum Gasteiger partial charge on any atom is 0.328 e. The second-order valence-electron chi connectivity index (χ2n) is 2.82. The van der Waals surface area contributed by atoms with Crippen molar-refractivity contribution in [2.45, 2.75) is 6.92 Å².